The van der Waals surface area contributed by atoms with E-state index >= 15 is 0 Å². The molecule has 0 bridgehead atoms. The number of amides is 2. The fourth-order valence-corrected chi connectivity index (χ4v) is 3.45. The Labute approximate surface area is 159 Å². The van der Waals surface area contributed by atoms with Gasteiger partial charge in [0.2, 0.25) is 5.91 Å². The highest BCUT2D eigenvalue weighted by Crippen LogP contribution is 2.59. The number of furan rings is 1. The minimum atomic E-state index is -0.290. The number of carbonyl (C=O) groups excluding carboxylic acids is 2. The summed E-state index contributed by atoms with van der Waals surface area (Å²) in [6.07, 6.45) is 3.66. The first-order valence-electron chi connectivity index (χ1n) is 9.15. The fraction of sp³-hybridized carbons (Fsp3) is 0.364. The van der Waals surface area contributed by atoms with Crippen molar-refractivity contribution in [3.8, 4) is 0 Å². The lowest BCUT2D eigenvalue weighted by Crippen LogP contribution is -2.26. The third-order valence-electron chi connectivity index (χ3n) is 5.13. The number of nitrogens with one attached hydrogen (secondary N) is 2. The molecule has 5 nitrogen and oxygen atoms in total. The van der Waals surface area contributed by atoms with Crippen molar-refractivity contribution >= 4 is 17.5 Å². The van der Waals surface area contributed by atoms with Crippen LogP contribution < -0.4 is 10.6 Å². The molecule has 1 aromatic heterocycles. The molecular weight excluding hydrogens is 340 g/mol. The molecular formula is C22H26N2O3. The summed E-state index contributed by atoms with van der Waals surface area (Å²) in [5, 5.41) is 5.80. The maximum absolute atomic E-state index is 12.5. The molecule has 1 aromatic carbocycles. The lowest BCUT2D eigenvalue weighted by Gasteiger charge is -2.08. The van der Waals surface area contributed by atoms with Crippen LogP contribution in [0.2, 0.25) is 0 Å². The molecule has 0 unspecified atom stereocenters. The summed E-state index contributed by atoms with van der Waals surface area (Å²) in [4.78, 5) is 24.5. The second kappa shape index (κ2) is 7.43. The van der Waals surface area contributed by atoms with Crippen molar-refractivity contribution in [3.63, 3.8) is 0 Å². The van der Waals surface area contributed by atoms with Crippen LogP contribution in [-0.4, -0.2) is 11.8 Å². The van der Waals surface area contributed by atoms with E-state index < -0.39 is 0 Å². The molecule has 0 radical (unpaired) electrons. The molecule has 1 fully saturated rings. The Bertz CT molecular complexity index is 844. The SMILES string of the molecule is CC(C)=C[C@@H]1[C@H](C(=O)NCc2ccc(NC(=O)c3ccco3)cc2)C1(C)C. The molecule has 3 rings (SSSR count). The summed E-state index contributed by atoms with van der Waals surface area (Å²) >= 11 is 0. The summed E-state index contributed by atoms with van der Waals surface area (Å²) in [6, 6.07) is 10.7. The largest absolute Gasteiger partial charge is 0.459 e. The van der Waals surface area contributed by atoms with Crippen molar-refractivity contribution in [2.75, 3.05) is 5.32 Å². The van der Waals surface area contributed by atoms with Crippen molar-refractivity contribution < 1.29 is 14.0 Å². The monoisotopic (exact) mass is 366 g/mol. The molecule has 1 saturated carbocycles. The summed E-state index contributed by atoms with van der Waals surface area (Å²) < 4.78 is 5.07. The highest BCUT2D eigenvalue weighted by atomic mass is 16.3. The predicted molar refractivity (Wildman–Crippen MR) is 105 cm³/mol. The number of hydrogen-bond acceptors (Lipinski definition) is 3. The first-order valence-corrected chi connectivity index (χ1v) is 9.15. The molecule has 1 aliphatic rings. The van der Waals surface area contributed by atoms with E-state index in [9.17, 15) is 9.59 Å². The van der Waals surface area contributed by atoms with Gasteiger partial charge in [0.25, 0.3) is 5.91 Å². The van der Waals surface area contributed by atoms with E-state index in [0.29, 0.717) is 18.2 Å². The molecule has 1 aliphatic carbocycles. The van der Waals surface area contributed by atoms with E-state index in [-0.39, 0.29) is 28.9 Å². The minimum Gasteiger partial charge on any atom is -0.459 e. The van der Waals surface area contributed by atoms with Crippen molar-refractivity contribution in [1.82, 2.24) is 5.32 Å². The summed E-state index contributed by atoms with van der Waals surface area (Å²) in [6.45, 7) is 8.88. The Morgan fingerprint density at radius 2 is 1.85 bits per heavy atom. The molecule has 0 saturated heterocycles. The van der Waals surface area contributed by atoms with Crippen molar-refractivity contribution in [2.24, 2.45) is 17.3 Å². The molecule has 0 aliphatic heterocycles. The number of hydrogen-bond donors (Lipinski definition) is 2. The first-order chi connectivity index (χ1) is 12.8. The smallest absolute Gasteiger partial charge is 0.291 e. The second-order valence-corrected chi connectivity index (χ2v) is 7.91. The molecule has 2 aromatic rings. The molecule has 5 heteroatoms. The van der Waals surface area contributed by atoms with Crippen LogP contribution in [0.3, 0.4) is 0 Å². The van der Waals surface area contributed by atoms with Gasteiger partial charge in [-0.05, 0) is 55.0 Å². The van der Waals surface area contributed by atoms with Crippen LogP contribution in [0.4, 0.5) is 5.69 Å². The lowest BCUT2D eigenvalue weighted by atomic mass is 10.1. The van der Waals surface area contributed by atoms with Crippen molar-refractivity contribution in [2.45, 2.75) is 34.2 Å². The Balaban J connectivity index is 1.52. The minimum absolute atomic E-state index is 0.0152. The molecule has 2 atom stereocenters. The zero-order valence-corrected chi connectivity index (χ0v) is 16.2. The molecule has 2 amide bonds. The molecule has 1 heterocycles. The third-order valence-corrected chi connectivity index (χ3v) is 5.13. The van der Waals surface area contributed by atoms with Gasteiger partial charge in [-0.3, -0.25) is 9.59 Å². The first kappa shape index (κ1) is 19.0. The molecule has 27 heavy (non-hydrogen) atoms. The maximum atomic E-state index is 12.5. The molecule has 0 spiro atoms. The van der Waals surface area contributed by atoms with Crippen LogP contribution in [0.1, 0.15) is 43.8 Å². The highest BCUT2D eigenvalue weighted by molar-refractivity contribution is 6.02. The Morgan fingerprint density at radius 1 is 1.15 bits per heavy atom. The summed E-state index contributed by atoms with van der Waals surface area (Å²) in [7, 11) is 0. The van der Waals surface area contributed by atoms with Crippen LogP contribution in [0.5, 0.6) is 0 Å². The van der Waals surface area contributed by atoms with Gasteiger partial charge in [-0.2, -0.15) is 0 Å². The van der Waals surface area contributed by atoms with Crippen molar-refractivity contribution in [1.29, 1.82) is 0 Å². The van der Waals surface area contributed by atoms with E-state index in [1.165, 1.54) is 11.8 Å². The van der Waals surface area contributed by atoms with Gasteiger partial charge in [-0.25, -0.2) is 0 Å². The summed E-state index contributed by atoms with van der Waals surface area (Å²) in [5.41, 5.74) is 2.92. The topological polar surface area (TPSA) is 71.3 Å². The standard InChI is InChI=1S/C22H26N2O3/c1-14(2)12-17-19(22(17,3)4)21(26)23-13-15-7-9-16(10-8-15)24-20(25)18-6-5-11-27-18/h5-12,17,19H,13H2,1-4H3,(H,23,26)(H,24,25)/t17-,19-/m1/s1. The van der Waals surface area contributed by atoms with Crippen LogP contribution >= 0.6 is 0 Å². The number of carbonyl (C=O) groups is 2. The van der Waals surface area contributed by atoms with Gasteiger partial charge in [0.1, 0.15) is 0 Å². The van der Waals surface area contributed by atoms with Gasteiger partial charge in [-0.15, -0.1) is 0 Å². The van der Waals surface area contributed by atoms with Crippen LogP contribution in [0, 0.1) is 17.3 Å². The van der Waals surface area contributed by atoms with Gasteiger partial charge in [-0.1, -0.05) is 37.6 Å². The van der Waals surface area contributed by atoms with Gasteiger partial charge in [0.15, 0.2) is 5.76 Å². The van der Waals surface area contributed by atoms with Crippen LogP contribution in [0.25, 0.3) is 0 Å². The third kappa shape index (κ3) is 4.30. The quantitative estimate of drug-likeness (QED) is 0.745. The fourth-order valence-electron chi connectivity index (χ4n) is 3.45. The number of benzene rings is 1. The number of allylic oxidation sites excluding steroid dienone is 2. The van der Waals surface area contributed by atoms with E-state index in [0.717, 1.165) is 5.56 Å². The normalized spacial score (nSPS) is 19.9. The second-order valence-electron chi connectivity index (χ2n) is 7.91. The Morgan fingerprint density at radius 3 is 2.44 bits per heavy atom. The van der Waals surface area contributed by atoms with Gasteiger partial charge >= 0.3 is 0 Å². The predicted octanol–water partition coefficient (Wildman–Crippen LogP) is 4.39. The Kier molecular flexibility index (Phi) is 5.22. The van der Waals surface area contributed by atoms with E-state index in [2.05, 4.69) is 44.4 Å². The summed E-state index contributed by atoms with van der Waals surface area (Å²) in [5.74, 6) is 0.408. The molecule has 142 valence electrons. The zero-order chi connectivity index (χ0) is 19.6. The highest BCUT2D eigenvalue weighted by Gasteiger charge is 2.60. The Hall–Kier alpha value is -2.82. The van der Waals surface area contributed by atoms with Gasteiger partial charge in [0, 0.05) is 12.2 Å². The average Bonchev–Trinajstić information content (AvgIpc) is 2.99. The number of anilines is 1. The van der Waals surface area contributed by atoms with Gasteiger partial charge in [0.05, 0.1) is 12.2 Å². The molecule has 2 N–H and O–H groups in total. The maximum Gasteiger partial charge on any atom is 0.291 e. The zero-order valence-electron chi connectivity index (χ0n) is 16.2. The average molecular weight is 366 g/mol. The lowest BCUT2D eigenvalue weighted by molar-refractivity contribution is -0.123. The van der Waals surface area contributed by atoms with E-state index in [1.54, 1.807) is 12.1 Å². The van der Waals surface area contributed by atoms with E-state index in [1.807, 2.05) is 24.3 Å². The van der Waals surface area contributed by atoms with Crippen molar-refractivity contribution in [3.05, 3.63) is 65.6 Å². The van der Waals surface area contributed by atoms with E-state index in [4.69, 9.17) is 4.42 Å². The van der Waals surface area contributed by atoms with Crippen LogP contribution in [0.15, 0.2) is 58.7 Å². The van der Waals surface area contributed by atoms with Gasteiger partial charge < -0.3 is 15.1 Å². The number of rotatable bonds is 6. The van der Waals surface area contributed by atoms with Crippen LogP contribution in [-0.2, 0) is 11.3 Å².